The van der Waals surface area contributed by atoms with Crippen LogP contribution in [-0.2, 0) is 11.3 Å². The van der Waals surface area contributed by atoms with Crippen LogP contribution in [0.4, 0.5) is 0 Å². The molecule has 0 unspecified atom stereocenters. The van der Waals surface area contributed by atoms with Gasteiger partial charge in [0.25, 0.3) is 0 Å². The molecule has 0 aromatic carbocycles. The van der Waals surface area contributed by atoms with Gasteiger partial charge in [0.2, 0.25) is 5.91 Å². The highest BCUT2D eigenvalue weighted by atomic mass is 35.5. The molecule has 3 N–H and O–H groups in total. The van der Waals surface area contributed by atoms with Crippen molar-refractivity contribution in [1.82, 2.24) is 20.3 Å². The first-order valence-corrected chi connectivity index (χ1v) is 5.99. The minimum Gasteiger partial charge on any atom is -0.354 e. The van der Waals surface area contributed by atoms with E-state index >= 15 is 0 Å². The van der Waals surface area contributed by atoms with Gasteiger partial charge < -0.3 is 11.1 Å². The first-order chi connectivity index (χ1) is 8.09. The normalized spacial score (nSPS) is 10.8. The van der Waals surface area contributed by atoms with Crippen LogP contribution in [0.5, 0.6) is 0 Å². The van der Waals surface area contributed by atoms with E-state index in [2.05, 4.69) is 15.6 Å². The Morgan fingerprint density at radius 2 is 2.11 bits per heavy atom. The molecule has 0 spiro atoms. The molecule has 0 saturated heterocycles. The summed E-state index contributed by atoms with van der Waals surface area (Å²) >= 11 is 0. The molecule has 1 heterocycles. The molecule has 18 heavy (non-hydrogen) atoms. The second-order valence-electron chi connectivity index (χ2n) is 4.26. The summed E-state index contributed by atoms with van der Waals surface area (Å²) in [5.74, 6) is -0.00257. The maximum absolute atomic E-state index is 11.6. The summed E-state index contributed by atoms with van der Waals surface area (Å²) < 4.78 is 1.63. The lowest BCUT2D eigenvalue weighted by atomic mass is 9.94. The summed E-state index contributed by atoms with van der Waals surface area (Å²) in [6, 6.07) is 0. The zero-order valence-electron chi connectivity index (χ0n) is 10.9. The second kappa shape index (κ2) is 8.05. The van der Waals surface area contributed by atoms with Crippen molar-refractivity contribution in [2.45, 2.75) is 45.2 Å². The van der Waals surface area contributed by atoms with Gasteiger partial charge in [0, 0.05) is 24.7 Å². The first-order valence-electron chi connectivity index (χ1n) is 5.99. The summed E-state index contributed by atoms with van der Waals surface area (Å²) in [4.78, 5) is 11.6. The van der Waals surface area contributed by atoms with E-state index < -0.39 is 0 Å². The summed E-state index contributed by atoms with van der Waals surface area (Å²) in [7, 11) is 0. The van der Waals surface area contributed by atoms with E-state index in [1.54, 1.807) is 17.1 Å². The molecule has 7 heteroatoms. The number of hydrogen-bond donors (Lipinski definition) is 2. The molecule has 0 radical (unpaired) electrons. The lowest BCUT2D eigenvalue weighted by Gasteiger charge is -2.26. The molecular formula is C11H22ClN5O. The fourth-order valence-electron chi connectivity index (χ4n) is 1.43. The van der Waals surface area contributed by atoms with Gasteiger partial charge >= 0.3 is 0 Å². The molecule has 0 bridgehead atoms. The highest BCUT2D eigenvalue weighted by molar-refractivity contribution is 5.85. The average molecular weight is 276 g/mol. The van der Waals surface area contributed by atoms with E-state index in [4.69, 9.17) is 5.73 Å². The van der Waals surface area contributed by atoms with Crippen LogP contribution in [-0.4, -0.2) is 33.0 Å². The van der Waals surface area contributed by atoms with Crippen LogP contribution in [0.1, 0.15) is 33.1 Å². The number of rotatable bonds is 7. The molecule has 0 aliphatic heterocycles. The zero-order chi connectivity index (χ0) is 12.7. The van der Waals surface area contributed by atoms with Gasteiger partial charge in [-0.1, -0.05) is 19.1 Å². The minimum absolute atomic E-state index is 0. The molecular weight excluding hydrogens is 254 g/mol. The third-order valence-electron chi connectivity index (χ3n) is 3.09. The third-order valence-corrected chi connectivity index (χ3v) is 3.09. The lowest BCUT2D eigenvalue weighted by Crippen LogP contribution is -2.49. The fraction of sp³-hybridized carbons (Fsp3) is 0.727. The van der Waals surface area contributed by atoms with Crippen LogP contribution in [0.15, 0.2) is 12.4 Å². The van der Waals surface area contributed by atoms with Crippen LogP contribution in [0.25, 0.3) is 0 Å². The van der Waals surface area contributed by atoms with Crippen LogP contribution < -0.4 is 11.1 Å². The van der Waals surface area contributed by atoms with Gasteiger partial charge in [0.1, 0.15) is 0 Å². The van der Waals surface area contributed by atoms with Crippen molar-refractivity contribution >= 4 is 18.3 Å². The number of nitrogens with zero attached hydrogens (tertiary/aromatic N) is 3. The number of carbonyl (C=O) groups excluding carboxylic acids is 1. The molecule has 0 saturated carbocycles. The Hall–Kier alpha value is -1.14. The van der Waals surface area contributed by atoms with Crippen molar-refractivity contribution in [3.63, 3.8) is 0 Å². The number of halogens is 1. The molecule has 1 amide bonds. The van der Waals surface area contributed by atoms with Gasteiger partial charge in [-0.2, -0.15) is 0 Å². The van der Waals surface area contributed by atoms with Crippen LogP contribution >= 0.6 is 12.4 Å². The second-order valence-corrected chi connectivity index (χ2v) is 4.26. The molecule has 0 atom stereocenters. The number of nitrogens with one attached hydrogen (secondary N) is 1. The molecule has 6 nitrogen and oxygen atoms in total. The predicted molar refractivity (Wildman–Crippen MR) is 72.4 cm³/mol. The van der Waals surface area contributed by atoms with Crippen LogP contribution in [0.2, 0.25) is 0 Å². The standard InChI is InChI=1S/C11H21N5O.ClH/c1-3-11(12,4-2)9-13-10(17)5-7-16-8-6-14-15-16;/h6,8H,3-5,7,9,12H2,1-2H3,(H,13,17);1H. The van der Waals surface area contributed by atoms with Crippen LogP contribution in [0.3, 0.4) is 0 Å². The van der Waals surface area contributed by atoms with E-state index in [1.165, 1.54) is 0 Å². The Morgan fingerprint density at radius 1 is 1.44 bits per heavy atom. The maximum Gasteiger partial charge on any atom is 0.221 e. The predicted octanol–water partition coefficient (Wildman–Crippen LogP) is 0.724. The van der Waals surface area contributed by atoms with Gasteiger partial charge in [0.15, 0.2) is 0 Å². The van der Waals surface area contributed by atoms with Crippen molar-refractivity contribution in [3.05, 3.63) is 12.4 Å². The molecule has 1 aromatic heterocycles. The Kier molecular flexibility index (Phi) is 7.54. The quantitative estimate of drug-likeness (QED) is 0.768. The molecule has 104 valence electrons. The number of carbonyl (C=O) groups is 1. The van der Waals surface area contributed by atoms with Gasteiger partial charge in [-0.25, -0.2) is 0 Å². The van der Waals surface area contributed by atoms with Crippen molar-refractivity contribution in [3.8, 4) is 0 Å². The largest absolute Gasteiger partial charge is 0.354 e. The Morgan fingerprint density at radius 3 is 2.61 bits per heavy atom. The number of aryl methyl sites for hydroxylation is 1. The Labute approximate surface area is 114 Å². The van der Waals surface area contributed by atoms with E-state index in [0.717, 1.165) is 12.8 Å². The smallest absolute Gasteiger partial charge is 0.221 e. The van der Waals surface area contributed by atoms with E-state index in [-0.39, 0.29) is 23.9 Å². The molecule has 0 aliphatic carbocycles. The minimum atomic E-state index is -0.289. The van der Waals surface area contributed by atoms with Crippen molar-refractivity contribution in [2.24, 2.45) is 5.73 Å². The number of hydrogen-bond acceptors (Lipinski definition) is 4. The monoisotopic (exact) mass is 275 g/mol. The van der Waals surface area contributed by atoms with E-state index in [0.29, 0.717) is 19.5 Å². The van der Waals surface area contributed by atoms with Crippen molar-refractivity contribution in [1.29, 1.82) is 0 Å². The Bertz CT molecular complexity index is 337. The maximum atomic E-state index is 11.6. The van der Waals surface area contributed by atoms with Gasteiger partial charge in [0.05, 0.1) is 12.7 Å². The summed E-state index contributed by atoms with van der Waals surface area (Å²) in [5.41, 5.74) is 5.80. The average Bonchev–Trinajstić information content (AvgIpc) is 2.86. The van der Waals surface area contributed by atoms with Gasteiger partial charge in [-0.05, 0) is 12.8 Å². The summed E-state index contributed by atoms with van der Waals surface area (Å²) in [5, 5.41) is 10.3. The zero-order valence-corrected chi connectivity index (χ0v) is 11.7. The van der Waals surface area contributed by atoms with Gasteiger partial charge in [-0.3, -0.25) is 9.48 Å². The van der Waals surface area contributed by atoms with Crippen molar-refractivity contribution < 1.29 is 4.79 Å². The van der Waals surface area contributed by atoms with Crippen LogP contribution in [0, 0.1) is 0 Å². The summed E-state index contributed by atoms with van der Waals surface area (Å²) in [6.45, 7) is 5.13. The lowest BCUT2D eigenvalue weighted by molar-refractivity contribution is -0.121. The SMILES string of the molecule is CCC(N)(CC)CNC(=O)CCn1ccnn1.Cl. The highest BCUT2D eigenvalue weighted by Gasteiger charge is 2.20. The Balaban J connectivity index is 0.00000289. The topological polar surface area (TPSA) is 85.8 Å². The summed E-state index contributed by atoms with van der Waals surface area (Å²) in [6.07, 6.45) is 5.43. The number of nitrogens with two attached hydrogens (primary N) is 1. The molecule has 0 aliphatic rings. The number of amides is 1. The fourth-order valence-corrected chi connectivity index (χ4v) is 1.43. The van der Waals surface area contributed by atoms with E-state index in [1.807, 2.05) is 13.8 Å². The van der Waals surface area contributed by atoms with Crippen molar-refractivity contribution in [2.75, 3.05) is 6.54 Å². The van der Waals surface area contributed by atoms with E-state index in [9.17, 15) is 4.79 Å². The molecule has 1 aromatic rings. The highest BCUT2D eigenvalue weighted by Crippen LogP contribution is 2.09. The molecule has 1 rings (SSSR count). The molecule has 0 fully saturated rings. The van der Waals surface area contributed by atoms with Gasteiger partial charge in [-0.15, -0.1) is 17.5 Å². The third kappa shape index (κ3) is 5.46. The first kappa shape index (κ1) is 16.9. The number of aromatic nitrogens is 3.